The van der Waals surface area contributed by atoms with E-state index in [1.165, 1.54) is 32.7 Å². The van der Waals surface area contributed by atoms with Gasteiger partial charge in [0.2, 0.25) is 5.75 Å². The summed E-state index contributed by atoms with van der Waals surface area (Å²) >= 11 is 13.5. The summed E-state index contributed by atoms with van der Waals surface area (Å²) in [5, 5.41) is 4.11. The lowest BCUT2D eigenvalue weighted by Crippen LogP contribution is -2.12. The Hall–Kier alpha value is -2.22. The first-order valence-corrected chi connectivity index (χ1v) is 8.91. The van der Waals surface area contributed by atoms with Crippen LogP contribution in [0.1, 0.15) is 10.4 Å². The molecule has 6 nitrogen and oxygen atoms in total. The zero-order chi connectivity index (χ0) is 18.8. The molecule has 0 aliphatic heterocycles. The highest BCUT2D eigenvalue weighted by Gasteiger charge is 2.19. The lowest BCUT2D eigenvalue weighted by Gasteiger charge is -2.13. The summed E-state index contributed by atoms with van der Waals surface area (Å²) in [4.78, 5) is 17.0. The van der Waals surface area contributed by atoms with Gasteiger partial charge in [-0.1, -0.05) is 34.5 Å². The summed E-state index contributed by atoms with van der Waals surface area (Å²) in [6.07, 6.45) is 0. The summed E-state index contributed by atoms with van der Waals surface area (Å²) in [7, 11) is 4.46. The summed E-state index contributed by atoms with van der Waals surface area (Å²) in [5.74, 6) is 0.792. The number of hydrogen-bond donors (Lipinski definition) is 1. The first kappa shape index (κ1) is 18.6. The minimum atomic E-state index is -0.379. The number of amides is 1. The summed E-state index contributed by atoms with van der Waals surface area (Å²) in [6, 6.07) is 6.47. The Morgan fingerprint density at radius 2 is 1.65 bits per heavy atom. The third-order valence-electron chi connectivity index (χ3n) is 3.59. The Kier molecular flexibility index (Phi) is 5.41. The Balaban J connectivity index is 1.95. The number of fused-ring (bicyclic) bond motifs is 1. The second kappa shape index (κ2) is 7.57. The number of aromatic nitrogens is 1. The number of ether oxygens (including phenoxy) is 3. The molecule has 3 rings (SSSR count). The van der Waals surface area contributed by atoms with Crippen molar-refractivity contribution in [2.24, 2.45) is 0 Å². The predicted molar refractivity (Wildman–Crippen MR) is 104 cm³/mol. The SMILES string of the molecule is COc1cc(C(=O)Nc2nc3c(Cl)ccc(Cl)c3s2)cc(OC)c1OC. The minimum absolute atomic E-state index is 0.330. The standard InChI is InChI=1S/C17H14Cl2N2O4S/c1-23-11-6-8(7-12(24-2)14(11)25-3)16(22)21-17-20-13-9(18)4-5-10(19)15(13)26-17/h4-7H,1-3H3,(H,20,21,22). The lowest BCUT2D eigenvalue weighted by molar-refractivity contribution is 0.102. The fraction of sp³-hybridized carbons (Fsp3) is 0.176. The van der Waals surface area contributed by atoms with E-state index in [1.807, 2.05) is 0 Å². The van der Waals surface area contributed by atoms with Crippen LogP contribution in [0.25, 0.3) is 10.2 Å². The molecule has 0 saturated heterocycles. The Labute approximate surface area is 163 Å². The van der Waals surface area contributed by atoms with Crippen LogP contribution in [-0.2, 0) is 0 Å². The molecule has 1 amide bonds. The number of methoxy groups -OCH3 is 3. The summed E-state index contributed by atoms with van der Waals surface area (Å²) < 4.78 is 16.5. The minimum Gasteiger partial charge on any atom is -0.493 e. The molecule has 0 bridgehead atoms. The number of nitrogens with zero attached hydrogens (tertiary/aromatic N) is 1. The average molecular weight is 413 g/mol. The van der Waals surface area contributed by atoms with Crippen molar-refractivity contribution >= 4 is 55.8 Å². The second-order valence-electron chi connectivity index (χ2n) is 5.09. The molecule has 9 heteroatoms. The van der Waals surface area contributed by atoms with E-state index in [2.05, 4.69) is 10.3 Å². The van der Waals surface area contributed by atoms with Gasteiger partial charge in [0.1, 0.15) is 5.52 Å². The van der Waals surface area contributed by atoms with Crippen molar-refractivity contribution in [3.05, 3.63) is 39.9 Å². The van der Waals surface area contributed by atoms with Gasteiger partial charge in [0.05, 0.1) is 36.1 Å². The van der Waals surface area contributed by atoms with Gasteiger partial charge >= 0.3 is 0 Å². The van der Waals surface area contributed by atoms with Crippen molar-refractivity contribution in [2.45, 2.75) is 0 Å². The lowest BCUT2D eigenvalue weighted by atomic mass is 10.1. The van der Waals surface area contributed by atoms with E-state index < -0.39 is 0 Å². The largest absolute Gasteiger partial charge is 0.493 e. The van der Waals surface area contributed by atoms with Crippen LogP contribution in [0.15, 0.2) is 24.3 Å². The van der Waals surface area contributed by atoms with Crippen molar-refractivity contribution in [3.63, 3.8) is 0 Å². The highest BCUT2D eigenvalue weighted by Crippen LogP contribution is 2.39. The van der Waals surface area contributed by atoms with Gasteiger partial charge in [0, 0.05) is 5.56 Å². The summed E-state index contributed by atoms with van der Waals surface area (Å²) in [6.45, 7) is 0. The van der Waals surface area contributed by atoms with E-state index in [0.29, 0.717) is 48.2 Å². The number of halogens is 2. The number of benzene rings is 2. The Bertz CT molecular complexity index is 926. The van der Waals surface area contributed by atoms with Gasteiger partial charge in [-0.15, -0.1) is 0 Å². The zero-order valence-corrected chi connectivity index (χ0v) is 16.4. The molecule has 0 aliphatic rings. The van der Waals surface area contributed by atoms with E-state index in [0.717, 1.165) is 0 Å². The first-order valence-electron chi connectivity index (χ1n) is 7.34. The highest BCUT2D eigenvalue weighted by molar-refractivity contribution is 7.23. The zero-order valence-electron chi connectivity index (χ0n) is 14.1. The van der Waals surface area contributed by atoms with Crippen LogP contribution in [0.4, 0.5) is 5.13 Å². The normalized spacial score (nSPS) is 10.7. The van der Waals surface area contributed by atoms with E-state index in [1.54, 1.807) is 24.3 Å². The van der Waals surface area contributed by atoms with Crippen molar-refractivity contribution < 1.29 is 19.0 Å². The van der Waals surface area contributed by atoms with Gasteiger partial charge in [-0.25, -0.2) is 4.98 Å². The molecule has 2 aromatic carbocycles. The number of carbonyl (C=O) groups excluding carboxylic acids is 1. The number of anilines is 1. The number of carbonyl (C=O) groups is 1. The van der Waals surface area contributed by atoms with E-state index in [4.69, 9.17) is 37.4 Å². The molecule has 136 valence electrons. The maximum atomic E-state index is 12.6. The van der Waals surface area contributed by atoms with Gasteiger partial charge in [-0.2, -0.15) is 0 Å². The first-order chi connectivity index (χ1) is 12.5. The molecule has 1 aromatic heterocycles. The van der Waals surface area contributed by atoms with Gasteiger partial charge in [-0.3, -0.25) is 10.1 Å². The van der Waals surface area contributed by atoms with E-state index in [9.17, 15) is 4.79 Å². The van der Waals surface area contributed by atoms with Crippen LogP contribution < -0.4 is 19.5 Å². The molecule has 3 aromatic rings. The van der Waals surface area contributed by atoms with Crippen LogP contribution in [0.5, 0.6) is 17.2 Å². The molecule has 0 spiro atoms. The molecule has 0 unspecified atom stereocenters. The molecule has 0 radical (unpaired) electrons. The number of thiazole rings is 1. The fourth-order valence-corrected chi connectivity index (χ4v) is 3.80. The molecule has 0 fully saturated rings. The molecule has 26 heavy (non-hydrogen) atoms. The molecular formula is C17H14Cl2N2O4S. The molecule has 0 saturated carbocycles. The quantitative estimate of drug-likeness (QED) is 0.646. The predicted octanol–water partition coefficient (Wildman–Crippen LogP) is 4.88. The topological polar surface area (TPSA) is 69.7 Å². The Morgan fingerprint density at radius 3 is 2.19 bits per heavy atom. The maximum Gasteiger partial charge on any atom is 0.257 e. The van der Waals surface area contributed by atoms with Gasteiger partial charge in [0.25, 0.3) is 5.91 Å². The molecular weight excluding hydrogens is 399 g/mol. The third kappa shape index (κ3) is 3.38. The van der Waals surface area contributed by atoms with Gasteiger partial charge in [-0.05, 0) is 24.3 Å². The second-order valence-corrected chi connectivity index (χ2v) is 6.91. The van der Waals surface area contributed by atoms with Crippen molar-refractivity contribution in [2.75, 3.05) is 26.6 Å². The average Bonchev–Trinajstić information content (AvgIpc) is 3.08. The van der Waals surface area contributed by atoms with Crippen LogP contribution in [0.2, 0.25) is 10.0 Å². The van der Waals surface area contributed by atoms with Crippen molar-refractivity contribution in [1.29, 1.82) is 0 Å². The van der Waals surface area contributed by atoms with Crippen LogP contribution >= 0.6 is 34.5 Å². The molecule has 0 atom stereocenters. The third-order valence-corrected chi connectivity index (χ3v) is 5.33. The maximum absolute atomic E-state index is 12.6. The monoisotopic (exact) mass is 412 g/mol. The number of rotatable bonds is 5. The van der Waals surface area contributed by atoms with E-state index in [-0.39, 0.29) is 5.91 Å². The molecule has 0 aliphatic carbocycles. The number of nitrogens with one attached hydrogen (secondary N) is 1. The summed E-state index contributed by atoms with van der Waals surface area (Å²) in [5.41, 5.74) is 0.875. The van der Waals surface area contributed by atoms with Gasteiger partial charge < -0.3 is 14.2 Å². The van der Waals surface area contributed by atoms with Crippen LogP contribution in [0.3, 0.4) is 0 Å². The van der Waals surface area contributed by atoms with Crippen LogP contribution in [0, 0.1) is 0 Å². The van der Waals surface area contributed by atoms with Gasteiger partial charge in [0.15, 0.2) is 16.6 Å². The number of hydrogen-bond acceptors (Lipinski definition) is 6. The van der Waals surface area contributed by atoms with E-state index >= 15 is 0 Å². The smallest absolute Gasteiger partial charge is 0.257 e. The highest BCUT2D eigenvalue weighted by atomic mass is 35.5. The fourth-order valence-electron chi connectivity index (χ4n) is 2.38. The van der Waals surface area contributed by atoms with Crippen molar-refractivity contribution in [3.8, 4) is 17.2 Å². The molecule has 1 heterocycles. The van der Waals surface area contributed by atoms with Crippen molar-refractivity contribution in [1.82, 2.24) is 4.98 Å². The van der Waals surface area contributed by atoms with Crippen LogP contribution in [-0.4, -0.2) is 32.2 Å². The molecule has 1 N–H and O–H groups in total. The Morgan fingerprint density at radius 1 is 1.04 bits per heavy atom.